The first kappa shape index (κ1) is 25.5. The minimum atomic E-state index is -4.05. The molecule has 0 unspecified atom stereocenters. The summed E-state index contributed by atoms with van der Waals surface area (Å²) in [6, 6.07) is 9.90. The highest BCUT2D eigenvalue weighted by Gasteiger charge is 2.09. The van der Waals surface area contributed by atoms with E-state index < -0.39 is 26.0 Å². The Balaban J connectivity index is 1.96. The van der Waals surface area contributed by atoms with Gasteiger partial charge in [-0.3, -0.25) is 9.11 Å². The lowest BCUT2D eigenvalue weighted by Gasteiger charge is -2.10. The molecular weight excluding hydrogens is 462 g/mol. The molecule has 2 rings (SSSR count). The molecule has 0 aromatic heterocycles. The predicted molar refractivity (Wildman–Crippen MR) is 119 cm³/mol. The third kappa shape index (κ3) is 9.60. The number of nitrogen functional groups attached to an aromatic ring is 1. The molecule has 0 saturated carbocycles. The van der Waals surface area contributed by atoms with Crippen molar-refractivity contribution in [2.75, 3.05) is 30.5 Å². The first-order chi connectivity index (χ1) is 14.9. The van der Waals surface area contributed by atoms with Crippen LogP contribution >= 0.6 is 0 Å². The Kier molecular flexibility index (Phi) is 8.95. The number of hydrogen-bond donors (Lipinski definition) is 3. The van der Waals surface area contributed by atoms with Crippen LogP contribution in [0.25, 0.3) is 0 Å². The van der Waals surface area contributed by atoms with Gasteiger partial charge in [0.1, 0.15) is 11.5 Å². The van der Waals surface area contributed by atoms with Gasteiger partial charge in [-0.1, -0.05) is 0 Å². The number of aryl methyl sites for hydroxylation is 1. The van der Waals surface area contributed by atoms with Crippen LogP contribution in [-0.4, -0.2) is 50.7 Å². The van der Waals surface area contributed by atoms with E-state index >= 15 is 0 Å². The normalized spacial score (nSPS) is 12.2. The molecule has 0 bridgehead atoms. The molecule has 0 aliphatic heterocycles. The van der Waals surface area contributed by atoms with Gasteiger partial charge in [-0.25, -0.2) is 0 Å². The molecule has 2 aromatic rings. The SMILES string of the molecule is Cc1cc(N)c(OCCCS(=O)(=O)O)cc1/N=N\c1ccc(OCCCS(=O)(=O)O)cc1. The molecule has 0 aliphatic rings. The van der Waals surface area contributed by atoms with E-state index in [1.165, 1.54) is 0 Å². The van der Waals surface area contributed by atoms with Crippen molar-refractivity contribution in [2.24, 2.45) is 10.2 Å². The van der Waals surface area contributed by atoms with Gasteiger partial charge < -0.3 is 15.2 Å². The van der Waals surface area contributed by atoms with Crippen LogP contribution in [0.4, 0.5) is 17.1 Å². The van der Waals surface area contributed by atoms with Crippen molar-refractivity contribution >= 4 is 37.3 Å². The molecule has 0 amide bonds. The molecule has 4 N–H and O–H groups in total. The van der Waals surface area contributed by atoms with Crippen molar-refractivity contribution in [2.45, 2.75) is 19.8 Å². The Labute approximate surface area is 186 Å². The first-order valence-electron chi connectivity index (χ1n) is 9.51. The van der Waals surface area contributed by atoms with Crippen molar-refractivity contribution in [3.63, 3.8) is 0 Å². The summed E-state index contributed by atoms with van der Waals surface area (Å²) < 4.78 is 71.2. The second kappa shape index (κ2) is 11.2. The van der Waals surface area contributed by atoms with E-state index in [4.69, 9.17) is 24.3 Å². The fraction of sp³-hybridized carbons (Fsp3) is 0.368. The van der Waals surface area contributed by atoms with Crippen molar-refractivity contribution in [3.8, 4) is 11.5 Å². The number of benzene rings is 2. The number of rotatable bonds is 12. The largest absolute Gasteiger partial charge is 0.494 e. The minimum absolute atomic E-state index is 0.0509. The summed E-state index contributed by atoms with van der Waals surface area (Å²) in [6.45, 7) is 1.99. The predicted octanol–water partition coefficient (Wildman–Crippen LogP) is 3.31. The number of anilines is 1. The van der Waals surface area contributed by atoms with Crippen molar-refractivity contribution in [1.82, 2.24) is 0 Å². The van der Waals surface area contributed by atoms with Crippen molar-refractivity contribution < 1.29 is 35.4 Å². The number of ether oxygens (including phenoxy) is 2. The highest BCUT2D eigenvalue weighted by atomic mass is 32.2. The fourth-order valence-corrected chi connectivity index (χ4v) is 3.47. The molecule has 2 aromatic carbocycles. The Morgan fingerprint density at radius 1 is 0.875 bits per heavy atom. The summed E-state index contributed by atoms with van der Waals surface area (Å²) in [6.07, 6.45) is 0.268. The van der Waals surface area contributed by atoms with E-state index in [1.807, 2.05) is 0 Å². The zero-order valence-electron chi connectivity index (χ0n) is 17.3. The third-order valence-electron chi connectivity index (χ3n) is 4.06. The van der Waals surface area contributed by atoms with Gasteiger partial charge in [0, 0.05) is 6.07 Å². The van der Waals surface area contributed by atoms with E-state index in [2.05, 4.69) is 10.2 Å². The van der Waals surface area contributed by atoms with Gasteiger partial charge in [-0.2, -0.15) is 27.1 Å². The highest BCUT2D eigenvalue weighted by Crippen LogP contribution is 2.32. The van der Waals surface area contributed by atoms with Gasteiger partial charge in [-0.05, 0) is 55.7 Å². The molecule has 0 heterocycles. The van der Waals surface area contributed by atoms with Crippen LogP contribution in [0.2, 0.25) is 0 Å². The second-order valence-corrected chi connectivity index (χ2v) is 9.99. The van der Waals surface area contributed by atoms with Gasteiger partial charge >= 0.3 is 0 Å². The van der Waals surface area contributed by atoms with Crippen LogP contribution in [-0.2, 0) is 20.2 Å². The molecule has 176 valence electrons. The van der Waals surface area contributed by atoms with E-state index in [0.29, 0.717) is 28.6 Å². The molecule has 0 atom stereocenters. The van der Waals surface area contributed by atoms with E-state index in [1.54, 1.807) is 43.3 Å². The Bertz CT molecular complexity index is 1150. The smallest absolute Gasteiger partial charge is 0.264 e. The lowest BCUT2D eigenvalue weighted by atomic mass is 10.1. The number of azo groups is 1. The molecule has 0 aliphatic carbocycles. The first-order valence-corrected chi connectivity index (χ1v) is 12.7. The summed E-state index contributed by atoms with van der Waals surface area (Å²) in [4.78, 5) is 0. The number of nitrogens with zero attached hydrogens (tertiary/aromatic N) is 2. The monoisotopic (exact) mass is 487 g/mol. The van der Waals surface area contributed by atoms with Crippen molar-refractivity contribution in [1.29, 1.82) is 0 Å². The fourth-order valence-electron chi connectivity index (χ4n) is 2.51. The summed E-state index contributed by atoms with van der Waals surface area (Å²) >= 11 is 0. The molecule has 0 radical (unpaired) electrons. The van der Waals surface area contributed by atoms with Crippen LogP contribution in [0.5, 0.6) is 11.5 Å². The van der Waals surface area contributed by atoms with Gasteiger partial charge in [0.2, 0.25) is 0 Å². The van der Waals surface area contributed by atoms with Gasteiger partial charge in [-0.15, -0.1) is 0 Å². The zero-order chi connectivity index (χ0) is 23.8. The van der Waals surface area contributed by atoms with Crippen LogP contribution in [0, 0.1) is 6.92 Å². The summed E-state index contributed by atoms with van der Waals surface area (Å²) in [7, 11) is -8.05. The average molecular weight is 488 g/mol. The van der Waals surface area contributed by atoms with E-state index in [-0.39, 0.29) is 31.8 Å². The van der Waals surface area contributed by atoms with Crippen LogP contribution in [0.15, 0.2) is 46.6 Å². The maximum Gasteiger partial charge on any atom is 0.264 e. The topological polar surface area (TPSA) is 178 Å². The minimum Gasteiger partial charge on any atom is -0.494 e. The Morgan fingerprint density at radius 2 is 1.44 bits per heavy atom. The molecule has 0 saturated heterocycles. The maximum absolute atomic E-state index is 10.8. The molecule has 0 spiro atoms. The maximum atomic E-state index is 10.8. The molecule has 32 heavy (non-hydrogen) atoms. The van der Waals surface area contributed by atoms with E-state index in [9.17, 15) is 16.8 Å². The quantitative estimate of drug-likeness (QED) is 0.175. The highest BCUT2D eigenvalue weighted by molar-refractivity contribution is 7.86. The molecule has 13 heteroatoms. The second-order valence-electron chi connectivity index (χ2n) is 6.85. The molecule has 11 nitrogen and oxygen atoms in total. The Morgan fingerprint density at radius 3 is 2.00 bits per heavy atom. The summed E-state index contributed by atoms with van der Waals surface area (Å²) in [5.74, 6) is 0.0648. The van der Waals surface area contributed by atoms with Crippen LogP contribution < -0.4 is 15.2 Å². The Hall–Kier alpha value is -2.74. The zero-order valence-corrected chi connectivity index (χ0v) is 19.0. The molecule has 0 fully saturated rings. The lowest BCUT2D eigenvalue weighted by molar-refractivity contribution is 0.316. The molecular formula is C19H25N3O8S2. The van der Waals surface area contributed by atoms with Gasteiger partial charge in [0.05, 0.1) is 41.8 Å². The van der Waals surface area contributed by atoms with Crippen LogP contribution in [0.3, 0.4) is 0 Å². The van der Waals surface area contributed by atoms with Crippen LogP contribution in [0.1, 0.15) is 18.4 Å². The number of hydrogen-bond acceptors (Lipinski definition) is 9. The average Bonchev–Trinajstić information content (AvgIpc) is 2.68. The van der Waals surface area contributed by atoms with E-state index in [0.717, 1.165) is 5.56 Å². The lowest BCUT2D eigenvalue weighted by Crippen LogP contribution is -2.09. The van der Waals surface area contributed by atoms with Crippen molar-refractivity contribution in [3.05, 3.63) is 42.0 Å². The third-order valence-corrected chi connectivity index (χ3v) is 5.67. The van der Waals surface area contributed by atoms with Gasteiger partial charge in [0.25, 0.3) is 20.2 Å². The number of nitrogens with two attached hydrogens (primary N) is 1. The van der Waals surface area contributed by atoms with Gasteiger partial charge in [0.15, 0.2) is 0 Å². The summed E-state index contributed by atoms with van der Waals surface area (Å²) in [5, 5.41) is 8.35. The standard InChI is InChI=1S/C19H25N3O8S2/c1-14-12-17(20)19(30-9-3-11-32(26,27)28)13-18(14)22-21-15-4-6-16(7-5-15)29-8-2-10-31(23,24)25/h4-7,12-13H,2-3,8-11,20H2,1H3,(H,23,24,25)(H,26,27,28)/b22-21-. The summed E-state index contributed by atoms with van der Waals surface area (Å²) in [5.41, 5.74) is 8.11.